The summed E-state index contributed by atoms with van der Waals surface area (Å²) in [7, 11) is 0. The molecule has 5 nitrogen and oxygen atoms in total. The maximum atomic E-state index is 5.93. The predicted octanol–water partition coefficient (Wildman–Crippen LogP) is 3.44. The average Bonchev–Trinajstić information content (AvgIpc) is 2.62. The van der Waals surface area contributed by atoms with Crippen LogP contribution in [0.15, 0.2) is 60.4 Å². The molecular formula is C19H22N4OS. The molecule has 3 rings (SSSR count). The number of hydroxylamine groups is 1. The van der Waals surface area contributed by atoms with Crippen molar-refractivity contribution in [1.29, 1.82) is 0 Å². The van der Waals surface area contributed by atoms with Crippen molar-refractivity contribution in [1.82, 2.24) is 10.5 Å². The summed E-state index contributed by atoms with van der Waals surface area (Å²) in [5.41, 5.74) is 12.4. The molecule has 0 spiro atoms. The Labute approximate surface area is 152 Å². The van der Waals surface area contributed by atoms with Gasteiger partial charge in [-0.1, -0.05) is 36.5 Å². The van der Waals surface area contributed by atoms with Crippen molar-refractivity contribution < 1.29 is 4.84 Å². The van der Waals surface area contributed by atoms with Crippen molar-refractivity contribution in [2.45, 2.75) is 25.5 Å². The lowest BCUT2D eigenvalue weighted by Crippen LogP contribution is -2.28. The predicted molar refractivity (Wildman–Crippen MR) is 104 cm³/mol. The van der Waals surface area contributed by atoms with Gasteiger partial charge in [0, 0.05) is 18.1 Å². The maximum Gasteiger partial charge on any atom is 0.154 e. The average molecular weight is 354 g/mol. The molecule has 0 saturated heterocycles. The van der Waals surface area contributed by atoms with E-state index in [4.69, 9.17) is 10.6 Å². The summed E-state index contributed by atoms with van der Waals surface area (Å²) in [5.74, 6) is 0.976. The van der Waals surface area contributed by atoms with Crippen molar-refractivity contribution in [3.63, 3.8) is 0 Å². The Bertz CT molecular complexity index is 778. The van der Waals surface area contributed by atoms with E-state index in [1.54, 1.807) is 24.2 Å². The zero-order valence-corrected chi connectivity index (χ0v) is 15.1. The highest BCUT2D eigenvalue weighted by Gasteiger charge is 2.29. The van der Waals surface area contributed by atoms with E-state index in [1.807, 2.05) is 24.3 Å². The van der Waals surface area contributed by atoms with Crippen molar-refractivity contribution in [3.8, 4) is 0 Å². The van der Waals surface area contributed by atoms with Gasteiger partial charge >= 0.3 is 0 Å². The quantitative estimate of drug-likeness (QED) is 0.778. The molecule has 1 aromatic carbocycles. The third-order valence-electron chi connectivity index (χ3n) is 4.21. The second-order valence-corrected chi connectivity index (χ2v) is 7.24. The zero-order chi connectivity index (χ0) is 17.7. The van der Waals surface area contributed by atoms with E-state index < -0.39 is 0 Å². The van der Waals surface area contributed by atoms with Crippen LogP contribution < -0.4 is 11.2 Å². The number of aromatic nitrogens is 1. The van der Waals surface area contributed by atoms with Crippen molar-refractivity contribution >= 4 is 22.6 Å². The highest BCUT2D eigenvalue weighted by molar-refractivity contribution is 8.13. The van der Waals surface area contributed by atoms with Crippen molar-refractivity contribution in [2.75, 3.05) is 5.75 Å². The molecule has 0 radical (unpaired) electrons. The summed E-state index contributed by atoms with van der Waals surface area (Å²) in [5, 5.41) is 0.650. The standard InChI is InChI=1S/C19H22N4OS/c1-14(23-24-13-15-6-9-21-10-7-15)16-4-3-5-17(12-16)19(2)8-11-25-18(20)22-19/h3-7,9-10,12,23H,1,8,11,13H2,2H3,(H2,20,22). The molecule has 2 heterocycles. The zero-order valence-electron chi connectivity index (χ0n) is 14.2. The van der Waals surface area contributed by atoms with Gasteiger partial charge < -0.3 is 5.73 Å². The first-order valence-electron chi connectivity index (χ1n) is 8.11. The fourth-order valence-electron chi connectivity index (χ4n) is 2.68. The Morgan fingerprint density at radius 3 is 2.92 bits per heavy atom. The van der Waals surface area contributed by atoms with E-state index in [1.165, 1.54) is 0 Å². The minimum absolute atomic E-state index is 0.288. The van der Waals surface area contributed by atoms with Crippen LogP contribution in [0.5, 0.6) is 0 Å². The number of nitrogens with two attached hydrogens (primary N) is 1. The summed E-state index contributed by atoms with van der Waals surface area (Å²) < 4.78 is 0. The smallest absolute Gasteiger partial charge is 0.154 e. The normalized spacial score (nSPS) is 20.0. The molecule has 1 aliphatic heterocycles. The van der Waals surface area contributed by atoms with Crippen LogP contribution >= 0.6 is 11.8 Å². The number of nitrogens with zero attached hydrogens (tertiary/aromatic N) is 2. The molecular weight excluding hydrogens is 332 g/mol. The first kappa shape index (κ1) is 17.5. The molecule has 1 aliphatic rings. The second kappa shape index (κ2) is 7.72. The van der Waals surface area contributed by atoms with E-state index in [2.05, 4.69) is 41.1 Å². The molecule has 0 saturated carbocycles. The molecule has 6 heteroatoms. The molecule has 1 aromatic heterocycles. The topological polar surface area (TPSA) is 72.5 Å². The lowest BCUT2D eigenvalue weighted by Gasteiger charge is -2.30. The van der Waals surface area contributed by atoms with Gasteiger partial charge in [-0.3, -0.25) is 20.3 Å². The summed E-state index contributed by atoms with van der Waals surface area (Å²) in [6.07, 6.45) is 4.44. The monoisotopic (exact) mass is 354 g/mol. The summed E-state index contributed by atoms with van der Waals surface area (Å²) in [4.78, 5) is 14.2. The molecule has 0 amide bonds. The number of hydrogen-bond donors (Lipinski definition) is 2. The summed E-state index contributed by atoms with van der Waals surface area (Å²) in [6.45, 7) is 6.63. The fourth-order valence-corrected chi connectivity index (χ4v) is 3.66. The Balaban J connectivity index is 1.66. The van der Waals surface area contributed by atoms with Gasteiger partial charge in [-0.2, -0.15) is 0 Å². The van der Waals surface area contributed by atoms with Crippen molar-refractivity contribution in [2.24, 2.45) is 10.7 Å². The van der Waals surface area contributed by atoms with Gasteiger partial charge in [0.2, 0.25) is 0 Å². The van der Waals surface area contributed by atoms with E-state index in [0.29, 0.717) is 17.5 Å². The molecule has 0 bridgehead atoms. The highest BCUT2D eigenvalue weighted by Crippen LogP contribution is 2.35. The van der Waals surface area contributed by atoms with Gasteiger partial charge in [0.25, 0.3) is 0 Å². The van der Waals surface area contributed by atoms with Crippen LogP contribution in [0.3, 0.4) is 0 Å². The van der Waals surface area contributed by atoms with Crippen LogP contribution in [-0.2, 0) is 17.0 Å². The van der Waals surface area contributed by atoms with Gasteiger partial charge in [-0.05, 0) is 48.2 Å². The maximum absolute atomic E-state index is 5.93. The van der Waals surface area contributed by atoms with Crippen LogP contribution in [0.25, 0.3) is 5.70 Å². The molecule has 130 valence electrons. The molecule has 1 atom stereocenters. The highest BCUT2D eigenvalue weighted by atomic mass is 32.2. The summed E-state index contributed by atoms with van der Waals surface area (Å²) >= 11 is 1.61. The Morgan fingerprint density at radius 1 is 1.36 bits per heavy atom. The number of nitrogens with one attached hydrogen (secondary N) is 1. The number of pyridine rings is 1. The van der Waals surface area contributed by atoms with Gasteiger partial charge in [0.05, 0.1) is 17.8 Å². The number of amidine groups is 1. The molecule has 0 aliphatic carbocycles. The third-order valence-corrected chi connectivity index (χ3v) is 5.01. The Kier molecular flexibility index (Phi) is 5.40. The number of rotatable bonds is 6. The SMILES string of the molecule is C=C(NOCc1ccncc1)c1cccc(C2(C)CCSC(N)=N2)c1. The molecule has 1 unspecified atom stereocenters. The van der Waals surface area contributed by atoms with E-state index >= 15 is 0 Å². The van der Waals surface area contributed by atoms with Crippen LogP contribution in [-0.4, -0.2) is 15.9 Å². The van der Waals surface area contributed by atoms with Gasteiger partial charge in [0.15, 0.2) is 5.17 Å². The van der Waals surface area contributed by atoms with E-state index in [0.717, 1.165) is 28.9 Å². The number of benzene rings is 1. The van der Waals surface area contributed by atoms with Gasteiger partial charge in [-0.25, -0.2) is 0 Å². The Morgan fingerprint density at radius 2 is 2.16 bits per heavy atom. The van der Waals surface area contributed by atoms with Crippen LogP contribution in [0.2, 0.25) is 0 Å². The van der Waals surface area contributed by atoms with Crippen LogP contribution in [0.1, 0.15) is 30.0 Å². The van der Waals surface area contributed by atoms with Gasteiger partial charge in [0.1, 0.15) is 0 Å². The number of thioether (sulfide) groups is 1. The first-order valence-corrected chi connectivity index (χ1v) is 9.10. The molecule has 3 N–H and O–H groups in total. The van der Waals surface area contributed by atoms with Crippen LogP contribution in [0, 0.1) is 0 Å². The summed E-state index contributed by atoms with van der Waals surface area (Å²) in [6, 6.07) is 12.0. The van der Waals surface area contributed by atoms with E-state index in [-0.39, 0.29) is 5.54 Å². The largest absolute Gasteiger partial charge is 0.379 e. The minimum atomic E-state index is -0.288. The molecule has 0 fully saturated rings. The number of hydrogen-bond acceptors (Lipinski definition) is 6. The van der Waals surface area contributed by atoms with Crippen LogP contribution in [0.4, 0.5) is 0 Å². The fraction of sp³-hybridized carbons (Fsp3) is 0.263. The van der Waals surface area contributed by atoms with E-state index in [9.17, 15) is 0 Å². The Hall–Kier alpha value is -2.31. The minimum Gasteiger partial charge on any atom is -0.379 e. The van der Waals surface area contributed by atoms with Crippen molar-refractivity contribution in [3.05, 3.63) is 72.1 Å². The first-order chi connectivity index (χ1) is 12.1. The molecule has 2 aromatic rings. The lowest BCUT2D eigenvalue weighted by atomic mass is 9.88. The number of aliphatic imine (C=N–C) groups is 1. The second-order valence-electron chi connectivity index (χ2n) is 6.13. The lowest BCUT2D eigenvalue weighted by molar-refractivity contribution is 0.0647. The third kappa shape index (κ3) is 4.41. The molecule has 25 heavy (non-hydrogen) atoms. The van der Waals surface area contributed by atoms with Gasteiger partial charge in [-0.15, -0.1) is 0 Å².